The second-order valence-corrected chi connectivity index (χ2v) is 9.02. The molecule has 29 heavy (non-hydrogen) atoms. The molecular formula is C21H27N3O4S. The van der Waals surface area contributed by atoms with E-state index in [9.17, 15) is 18.0 Å². The Morgan fingerprint density at radius 2 is 1.72 bits per heavy atom. The first-order chi connectivity index (χ1) is 13.8. The fourth-order valence-corrected chi connectivity index (χ4v) is 3.77. The van der Waals surface area contributed by atoms with Crippen LogP contribution < -0.4 is 10.0 Å². The van der Waals surface area contributed by atoms with Crippen LogP contribution in [0.4, 0.5) is 0 Å². The van der Waals surface area contributed by atoms with E-state index in [-0.39, 0.29) is 24.4 Å². The highest BCUT2D eigenvalue weighted by Gasteiger charge is 2.16. The molecule has 1 heterocycles. The van der Waals surface area contributed by atoms with Gasteiger partial charge in [0.15, 0.2) is 0 Å². The van der Waals surface area contributed by atoms with Gasteiger partial charge in [-0.25, -0.2) is 8.42 Å². The van der Waals surface area contributed by atoms with Crippen LogP contribution in [-0.2, 0) is 27.7 Å². The standard InChI is InChI=1S/C21H27N3O4S/c1-16(2)15-18-8-4-3-7-17(18)10-11-20(25)24-29(27,28)14-13-23-21(26)19-9-5-6-12-22-19/h3-9,12,16H,10-11,13-15H2,1-2H3,(H,23,26)(H,24,25). The minimum atomic E-state index is -3.83. The smallest absolute Gasteiger partial charge is 0.269 e. The highest BCUT2D eigenvalue weighted by Crippen LogP contribution is 2.15. The van der Waals surface area contributed by atoms with E-state index in [0.717, 1.165) is 12.0 Å². The molecular weight excluding hydrogens is 390 g/mol. The van der Waals surface area contributed by atoms with Crippen LogP contribution in [0, 0.1) is 5.92 Å². The zero-order chi connectivity index (χ0) is 21.3. The van der Waals surface area contributed by atoms with Crippen molar-refractivity contribution >= 4 is 21.8 Å². The Labute approximate surface area is 172 Å². The number of pyridine rings is 1. The van der Waals surface area contributed by atoms with Gasteiger partial charge in [-0.05, 0) is 42.0 Å². The number of nitrogens with one attached hydrogen (secondary N) is 2. The number of benzene rings is 1. The van der Waals surface area contributed by atoms with Gasteiger partial charge in [-0.2, -0.15) is 0 Å². The molecule has 0 atom stereocenters. The third-order valence-electron chi connectivity index (χ3n) is 4.19. The predicted molar refractivity (Wildman–Crippen MR) is 112 cm³/mol. The van der Waals surface area contributed by atoms with Crippen molar-refractivity contribution in [1.82, 2.24) is 15.0 Å². The third kappa shape index (κ3) is 8.03. The lowest BCUT2D eigenvalue weighted by molar-refractivity contribution is -0.119. The maximum atomic E-state index is 12.1. The Hall–Kier alpha value is -2.74. The Morgan fingerprint density at radius 1 is 1.03 bits per heavy atom. The highest BCUT2D eigenvalue weighted by molar-refractivity contribution is 7.90. The van der Waals surface area contributed by atoms with Gasteiger partial charge in [0.1, 0.15) is 5.69 Å². The first-order valence-corrected chi connectivity index (χ1v) is 11.2. The lowest BCUT2D eigenvalue weighted by Gasteiger charge is -2.12. The molecule has 0 fully saturated rings. The molecule has 0 unspecified atom stereocenters. The van der Waals surface area contributed by atoms with Crippen LogP contribution >= 0.6 is 0 Å². The second-order valence-electron chi connectivity index (χ2n) is 7.18. The summed E-state index contributed by atoms with van der Waals surface area (Å²) in [5, 5.41) is 2.48. The van der Waals surface area contributed by atoms with Gasteiger partial charge in [0, 0.05) is 19.2 Å². The fourth-order valence-electron chi connectivity index (χ4n) is 2.85. The van der Waals surface area contributed by atoms with Gasteiger partial charge in [0.2, 0.25) is 15.9 Å². The highest BCUT2D eigenvalue weighted by atomic mass is 32.2. The van der Waals surface area contributed by atoms with E-state index in [0.29, 0.717) is 12.3 Å². The SMILES string of the molecule is CC(C)Cc1ccccc1CCC(=O)NS(=O)(=O)CCNC(=O)c1ccccn1. The number of nitrogens with zero attached hydrogens (tertiary/aromatic N) is 1. The average molecular weight is 418 g/mol. The van der Waals surface area contributed by atoms with E-state index in [2.05, 4.69) is 28.9 Å². The minimum Gasteiger partial charge on any atom is -0.350 e. The number of aryl methyl sites for hydroxylation is 1. The zero-order valence-corrected chi connectivity index (χ0v) is 17.5. The molecule has 156 valence electrons. The van der Waals surface area contributed by atoms with E-state index in [1.165, 1.54) is 17.8 Å². The minimum absolute atomic E-state index is 0.0780. The molecule has 0 aliphatic heterocycles. The number of aromatic nitrogens is 1. The Bertz CT molecular complexity index is 928. The van der Waals surface area contributed by atoms with Crippen molar-refractivity contribution < 1.29 is 18.0 Å². The molecule has 8 heteroatoms. The molecule has 2 amide bonds. The monoisotopic (exact) mass is 417 g/mol. The summed E-state index contributed by atoms with van der Waals surface area (Å²) < 4.78 is 26.2. The van der Waals surface area contributed by atoms with Gasteiger partial charge >= 0.3 is 0 Å². The topological polar surface area (TPSA) is 105 Å². The fraction of sp³-hybridized carbons (Fsp3) is 0.381. The summed E-state index contributed by atoms with van der Waals surface area (Å²) in [7, 11) is -3.83. The average Bonchev–Trinajstić information content (AvgIpc) is 2.67. The van der Waals surface area contributed by atoms with Crippen LogP contribution in [0.2, 0.25) is 0 Å². The van der Waals surface area contributed by atoms with Gasteiger partial charge in [-0.3, -0.25) is 19.3 Å². The van der Waals surface area contributed by atoms with Crippen molar-refractivity contribution in [2.75, 3.05) is 12.3 Å². The number of carbonyl (C=O) groups is 2. The van der Waals surface area contributed by atoms with Crippen LogP contribution in [-0.4, -0.2) is 37.5 Å². The summed E-state index contributed by atoms with van der Waals surface area (Å²) in [4.78, 5) is 27.8. The molecule has 2 rings (SSSR count). The van der Waals surface area contributed by atoms with E-state index >= 15 is 0 Å². The summed E-state index contributed by atoms with van der Waals surface area (Å²) in [6.45, 7) is 4.14. The summed E-state index contributed by atoms with van der Waals surface area (Å²) in [5.41, 5.74) is 2.43. The van der Waals surface area contributed by atoms with Crippen LogP contribution in [0.15, 0.2) is 48.7 Å². The second kappa shape index (κ2) is 10.7. The largest absolute Gasteiger partial charge is 0.350 e. The summed E-state index contributed by atoms with van der Waals surface area (Å²) in [5.74, 6) is -0.915. The molecule has 0 bridgehead atoms. The normalized spacial score (nSPS) is 11.3. The maximum absolute atomic E-state index is 12.1. The molecule has 1 aromatic carbocycles. The molecule has 0 spiro atoms. The van der Waals surface area contributed by atoms with Crippen molar-refractivity contribution in [3.63, 3.8) is 0 Å². The van der Waals surface area contributed by atoms with Crippen molar-refractivity contribution in [3.8, 4) is 0 Å². The summed E-state index contributed by atoms with van der Waals surface area (Å²) in [6, 6.07) is 12.8. The molecule has 7 nitrogen and oxygen atoms in total. The third-order valence-corrected chi connectivity index (χ3v) is 5.47. The lowest BCUT2D eigenvalue weighted by Crippen LogP contribution is -2.37. The number of sulfonamides is 1. The molecule has 0 radical (unpaired) electrons. The van der Waals surface area contributed by atoms with Crippen molar-refractivity contribution in [3.05, 3.63) is 65.5 Å². The van der Waals surface area contributed by atoms with Gasteiger partial charge in [0.25, 0.3) is 5.91 Å². The number of rotatable bonds is 10. The van der Waals surface area contributed by atoms with E-state index < -0.39 is 21.8 Å². The summed E-state index contributed by atoms with van der Waals surface area (Å²) in [6.07, 6.45) is 2.94. The van der Waals surface area contributed by atoms with Gasteiger partial charge in [-0.15, -0.1) is 0 Å². The van der Waals surface area contributed by atoms with Crippen molar-refractivity contribution in [2.24, 2.45) is 5.92 Å². The number of hydrogen-bond acceptors (Lipinski definition) is 5. The number of hydrogen-bond donors (Lipinski definition) is 2. The number of carbonyl (C=O) groups excluding carboxylic acids is 2. The van der Waals surface area contributed by atoms with Gasteiger partial charge in [0.05, 0.1) is 5.75 Å². The first kappa shape index (κ1) is 22.5. The molecule has 1 aromatic heterocycles. The first-order valence-electron chi connectivity index (χ1n) is 9.56. The number of amides is 2. The molecule has 0 aliphatic carbocycles. The van der Waals surface area contributed by atoms with E-state index in [1.807, 2.05) is 24.3 Å². The quantitative estimate of drug-likeness (QED) is 0.616. The van der Waals surface area contributed by atoms with Crippen LogP contribution in [0.1, 0.15) is 41.9 Å². The van der Waals surface area contributed by atoms with Crippen molar-refractivity contribution in [2.45, 2.75) is 33.1 Å². The Kier molecular flexibility index (Phi) is 8.33. The summed E-state index contributed by atoms with van der Waals surface area (Å²) >= 11 is 0. The molecule has 2 aromatic rings. The predicted octanol–water partition coefficient (Wildman–Crippen LogP) is 2.09. The zero-order valence-electron chi connectivity index (χ0n) is 16.7. The van der Waals surface area contributed by atoms with Crippen LogP contribution in [0.3, 0.4) is 0 Å². The van der Waals surface area contributed by atoms with Gasteiger partial charge < -0.3 is 5.32 Å². The van der Waals surface area contributed by atoms with Crippen LogP contribution in [0.5, 0.6) is 0 Å². The Balaban J connectivity index is 1.80. The lowest BCUT2D eigenvalue weighted by atomic mass is 9.95. The maximum Gasteiger partial charge on any atom is 0.269 e. The molecule has 0 saturated carbocycles. The van der Waals surface area contributed by atoms with Crippen LogP contribution in [0.25, 0.3) is 0 Å². The Morgan fingerprint density at radius 3 is 2.38 bits per heavy atom. The van der Waals surface area contributed by atoms with Crippen molar-refractivity contribution in [1.29, 1.82) is 0 Å². The molecule has 0 saturated heterocycles. The van der Waals surface area contributed by atoms with E-state index in [4.69, 9.17) is 0 Å². The molecule has 0 aliphatic rings. The van der Waals surface area contributed by atoms with Gasteiger partial charge in [-0.1, -0.05) is 44.2 Å². The molecule has 2 N–H and O–H groups in total. The van der Waals surface area contributed by atoms with E-state index in [1.54, 1.807) is 12.1 Å².